The first-order valence-electron chi connectivity index (χ1n) is 12.1. The van der Waals surface area contributed by atoms with Crippen molar-refractivity contribution in [3.8, 4) is 22.5 Å². The summed E-state index contributed by atoms with van der Waals surface area (Å²) < 4.78 is 19.5. The third-order valence-electron chi connectivity index (χ3n) is 6.57. The van der Waals surface area contributed by atoms with E-state index >= 15 is 0 Å². The normalized spacial score (nSPS) is 14.7. The molecule has 0 aliphatic carbocycles. The van der Waals surface area contributed by atoms with Gasteiger partial charge in [0.1, 0.15) is 17.2 Å². The molecule has 0 spiro atoms. The van der Waals surface area contributed by atoms with Gasteiger partial charge in [0.2, 0.25) is 5.91 Å². The maximum atomic E-state index is 13.5. The molecular formula is C30H30FN3O4. The average molecular weight is 516 g/mol. The Morgan fingerprint density at radius 3 is 2.39 bits per heavy atom. The lowest BCUT2D eigenvalue weighted by atomic mass is 9.99. The molecule has 1 saturated heterocycles. The van der Waals surface area contributed by atoms with Gasteiger partial charge in [-0.1, -0.05) is 25.6 Å². The summed E-state index contributed by atoms with van der Waals surface area (Å²) in [5.41, 5.74) is 3.66. The Balaban J connectivity index is 0.00000336. The van der Waals surface area contributed by atoms with Crippen molar-refractivity contribution in [3.63, 3.8) is 0 Å². The minimum absolute atomic E-state index is 0. The highest BCUT2D eigenvalue weighted by Crippen LogP contribution is 2.36. The molecule has 1 atom stereocenters. The SMILES string of the molecule is C.CNC(=O)c1c(-c2ccc(F)cc2)oc2ccc(-c3cccc(C(=O)N4CC[C@H](NC(C)=O)C4)c3)cc12. The van der Waals surface area contributed by atoms with Gasteiger partial charge in [0, 0.05) is 49.6 Å². The Hall–Kier alpha value is -4.46. The Labute approximate surface area is 220 Å². The van der Waals surface area contributed by atoms with Gasteiger partial charge >= 0.3 is 0 Å². The van der Waals surface area contributed by atoms with E-state index in [1.54, 1.807) is 36.2 Å². The summed E-state index contributed by atoms with van der Waals surface area (Å²) in [6.45, 7) is 2.53. The number of furan rings is 1. The second-order valence-corrected chi connectivity index (χ2v) is 9.12. The first kappa shape index (κ1) is 26.6. The van der Waals surface area contributed by atoms with E-state index in [4.69, 9.17) is 4.42 Å². The summed E-state index contributed by atoms with van der Waals surface area (Å²) in [7, 11) is 1.55. The standard InChI is InChI=1S/C29H26FN3O4.CH4/c1-17(34)32-23-12-13-33(16-23)29(36)21-5-3-4-19(14-21)20-8-11-25-24(15-20)26(28(35)31-2)27(37-25)18-6-9-22(30)10-7-18;/h3-11,14-15,23H,12-13,16H2,1-2H3,(H,31,35)(H,32,34);1H4/t23-;/m0./s1. The molecule has 1 fully saturated rings. The zero-order valence-electron chi connectivity index (χ0n) is 20.5. The first-order valence-corrected chi connectivity index (χ1v) is 12.1. The number of benzene rings is 3. The van der Waals surface area contributed by atoms with Crippen LogP contribution in [0.1, 0.15) is 41.5 Å². The summed E-state index contributed by atoms with van der Waals surface area (Å²) in [4.78, 5) is 39.1. The molecule has 1 aliphatic heterocycles. The summed E-state index contributed by atoms with van der Waals surface area (Å²) >= 11 is 0. The first-order chi connectivity index (χ1) is 17.8. The van der Waals surface area contributed by atoms with Gasteiger partial charge in [-0.2, -0.15) is 0 Å². The average Bonchev–Trinajstić information content (AvgIpc) is 3.52. The highest BCUT2D eigenvalue weighted by atomic mass is 19.1. The van der Waals surface area contributed by atoms with Gasteiger partial charge in [0.25, 0.3) is 11.8 Å². The van der Waals surface area contributed by atoms with E-state index in [9.17, 15) is 18.8 Å². The van der Waals surface area contributed by atoms with E-state index in [-0.39, 0.29) is 37.0 Å². The molecule has 2 N–H and O–H groups in total. The van der Waals surface area contributed by atoms with Gasteiger partial charge in [0.05, 0.1) is 5.56 Å². The van der Waals surface area contributed by atoms with Crippen LogP contribution in [0.3, 0.4) is 0 Å². The van der Waals surface area contributed by atoms with Crippen molar-refractivity contribution in [1.29, 1.82) is 0 Å². The van der Waals surface area contributed by atoms with Gasteiger partial charge in [-0.3, -0.25) is 14.4 Å². The molecule has 2 heterocycles. The molecular weight excluding hydrogens is 485 g/mol. The van der Waals surface area contributed by atoms with Crippen LogP contribution < -0.4 is 10.6 Å². The van der Waals surface area contributed by atoms with Crippen LogP contribution in [0.15, 0.2) is 71.1 Å². The van der Waals surface area contributed by atoms with Crippen LogP contribution in [-0.2, 0) is 4.79 Å². The number of likely N-dealkylation sites (tertiary alicyclic amines) is 1. The third kappa shape index (κ3) is 5.16. The van der Waals surface area contributed by atoms with Crippen molar-refractivity contribution < 1.29 is 23.2 Å². The highest BCUT2D eigenvalue weighted by molar-refractivity contribution is 6.11. The Morgan fingerprint density at radius 1 is 0.974 bits per heavy atom. The molecule has 7 nitrogen and oxygen atoms in total. The molecule has 38 heavy (non-hydrogen) atoms. The second kappa shape index (κ2) is 10.9. The largest absolute Gasteiger partial charge is 0.455 e. The van der Waals surface area contributed by atoms with Gasteiger partial charge in [-0.05, 0) is 66.1 Å². The summed E-state index contributed by atoms with van der Waals surface area (Å²) in [6.07, 6.45) is 0.723. The smallest absolute Gasteiger partial charge is 0.255 e. The number of hydrogen-bond acceptors (Lipinski definition) is 4. The summed E-state index contributed by atoms with van der Waals surface area (Å²) in [5.74, 6) is -0.531. The van der Waals surface area contributed by atoms with Crippen LogP contribution in [0.4, 0.5) is 4.39 Å². The van der Waals surface area contributed by atoms with E-state index in [0.717, 1.165) is 17.5 Å². The second-order valence-electron chi connectivity index (χ2n) is 9.12. The lowest BCUT2D eigenvalue weighted by molar-refractivity contribution is -0.119. The van der Waals surface area contributed by atoms with Gasteiger partial charge < -0.3 is 20.0 Å². The van der Waals surface area contributed by atoms with Crippen LogP contribution in [0, 0.1) is 5.82 Å². The minimum atomic E-state index is -0.377. The topological polar surface area (TPSA) is 91.7 Å². The van der Waals surface area contributed by atoms with Crippen LogP contribution in [0.25, 0.3) is 33.4 Å². The lowest BCUT2D eigenvalue weighted by Crippen LogP contribution is -2.37. The lowest BCUT2D eigenvalue weighted by Gasteiger charge is -2.17. The van der Waals surface area contributed by atoms with Gasteiger partial charge in [0.15, 0.2) is 0 Å². The van der Waals surface area contributed by atoms with E-state index in [1.807, 2.05) is 30.3 Å². The number of carbonyl (C=O) groups excluding carboxylic acids is 3. The van der Waals surface area contributed by atoms with Crippen LogP contribution in [0.5, 0.6) is 0 Å². The predicted octanol–water partition coefficient (Wildman–Crippen LogP) is 5.25. The molecule has 196 valence electrons. The summed E-state index contributed by atoms with van der Waals surface area (Å²) in [6, 6.07) is 18.6. The molecule has 5 rings (SSSR count). The summed E-state index contributed by atoms with van der Waals surface area (Å²) in [5, 5.41) is 6.15. The zero-order valence-corrected chi connectivity index (χ0v) is 20.5. The molecule has 0 saturated carbocycles. The Bertz CT molecular complexity index is 1510. The number of hydrogen-bond donors (Lipinski definition) is 2. The highest BCUT2D eigenvalue weighted by Gasteiger charge is 2.27. The zero-order chi connectivity index (χ0) is 26.1. The molecule has 0 radical (unpaired) electrons. The maximum absolute atomic E-state index is 13.5. The minimum Gasteiger partial charge on any atom is -0.455 e. The van der Waals surface area contributed by atoms with Crippen molar-refractivity contribution >= 4 is 28.7 Å². The fourth-order valence-corrected chi connectivity index (χ4v) is 4.80. The van der Waals surface area contributed by atoms with E-state index in [0.29, 0.717) is 46.5 Å². The third-order valence-corrected chi connectivity index (χ3v) is 6.57. The van der Waals surface area contributed by atoms with Crippen molar-refractivity contribution in [2.75, 3.05) is 20.1 Å². The van der Waals surface area contributed by atoms with E-state index in [2.05, 4.69) is 10.6 Å². The van der Waals surface area contributed by atoms with Gasteiger partial charge in [-0.25, -0.2) is 4.39 Å². The molecule has 3 aromatic carbocycles. The number of rotatable bonds is 5. The molecule has 0 unspecified atom stereocenters. The fraction of sp³-hybridized carbons (Fsp3) is 0.233. The Kier molecular flexibility index (Phi) is 7.62. The van der Waals surface area contributed by atoms with Crippen LogP contribution in [-0.4, -0.2) is 48.8 Å². The predicted molar refractivity (Wildman–Crippen MR) is 145 cm³/mol. The fourth-order valence-electron chi connectivity index (χ4n) is 4.80. The number of nitrogens with one attached hydrogen (secondary N) is 2. The van der Waals surface area contributed by atoms with E-state index in [1.165, 1.54) is 19.1 Å². The number of carbonyl (C=O) groups is 3. The molecule has 3 amide bonds. The molecule has 8 heteroatoms. The van der Waals surface area contributed by atoms with Crippen molar-refractivity contribution in [3.05, 3.63) is 83.7 Å². The number of fused-ring (bicyclic) bond motifs is 1. The van der Waals surface area contributed by atoms with Crippen molar-refractivity contribution in [2.24, 2.45) is 0 Å². The monoisotopic (exact) mass is 515 g/mol. The molecule has 4 aromatic rings. The maximum Gasteiger partial charge on any atom is 0.255 e. The van der Waals surface area contributed by atoms with E-state index < -0.39 is 0 Å². The van der Waals surface area contributed by atoms with Crippen molar-refractivity contribution in [2.45, 2.75) is 26.8 Å². The number of nitrogens with zero attached hydrogens (tertiary/aromatic N) is 1. The Morgan fingerprint density at radius 2 is 1.68 bits per heavy atom. The van der Waals surface area contributed by atoms with Crippen LogP contribution in [0.2, 0.25) is 0 Å². The molecule has 1 aliphatic rings. The quantitative estimate of drug-likeness (QED) is 0.380. The number of halogens is 1. The van der Waals surface area contributed by atoms with Crippen molar-refractivity contribution in [1.82, 2.24) is 15.5 Å². The number of amides is 3. The van der Waals surface area contributed by atoms with Crippen LogP contribution >= 0.6 is 0 Å². The molecule has 1 aromatic heterocycles. The molecule has 0 bridgehead atoms. The van der Waals surface area contributed by atoms with Gasteiger partial charge in [-0.15, -0.1) is 0 Å².